The van der Waals surface area contributed by atoms with Crippen LogP contribution in [0.15, 0.2) is 43.0 Å². The van der Waals surface area contributed by atoms with Crippen LogP contribution in [0, 0.1) is 11.3 Å². The first-order chi connectivity index (χ1) is 10.3. The molecule has 3 aromatic heterocycles. The molecule has 0 spiro atoms. The Bertz CT molecular complexity index is 1020. The van der Waals surface area contributed by atoms with E-state index in [-0.39, 0.29) is 0 Å². The third-order valence-electron chi connectivity index (χ3n) is 3.58. The molecule has 21 heavy (non-hydrogen) atoms. The maximum absolute atomic E-state index is 9.02. The highest BCUT2D eigenvalue weighted by Crippen LogP contribution is 2.27. The number of rotatable bonds is 1. The Labute approximate surface area is 119 Å². The fourth-order valence-electron chi connectivity index (χ4n) is 2.51. The molecule has 0 atom stereocenters. The Hall–Kier alpha value is -3.20. The fourth-order valence-corrected chi connectivity index (χ4v) is 2.51. The number of nitriles is 1. The highest BCUT2D eigenvalue weighted by molar-refractivity contribution is 5.85. The van der Waals surface area contributed by atoms with Crippen LogP contribution in [0.3, 0.4) is 0 Å². The van der Waals surface area contributed by atoms with E-state index in [1.165, 1.54) is 0 Å². The minimum atomic E-state index is 0.624. The molecule has 3 heterocycles. The molecule has 6 nitrogen and oxygen atoms in total. The van der Waals surface area contributed by atoms with Gasteiger partial charge >= 0.3 is 0 Å². The molecular formula is C15H10N6. The molecule has 0 unspecified atom stereocenters. The highest BCUT2D eigenvalue weighted by atomic mass is 15.2. The molecule has 0 aliphatic rings. The van der Waals surface area contributed by atoms with Crippen molar-refractivity contribution in [1.82, 2.24) is 24.1 Å². The number of fused-ring (bicyclic) bond motifs is 2. The van der Waals surface area contributed by atoms with Crippen LogP contribution in [0.1, 0.15) is 5.56 Å². The molecular weight excluding hydrogens is 264 g/mol. The van der Waals surface area contributed by atoms with Crippen LogP contribution < -0.4 is 0 Å². The number of aryl methyl sites for hydroxylation is 1. The average molecular weight is 274 g/mol. The first-order valence-corrected chi connectivity index (χ1v) is 6.42. The van der Waals surface area contributed by atoms with Gasteiger partial charge in [-0.2, -0.15) is 10.4 Å². The number of nitrogens with zero attached hydrogens (tertiary/aromatic N) is 6. The van der Waals surface area contributed by atoms with Crippen molar-refractivity contribution in [3.05, 3.63) is 48.5 Å². The summed E-state index contributed by atoms with van der Waals surface area (Å²) in [6.45, 7) is 0. The average Bonchev–Trinajstić information content (AvgIpc) is 3.08. The van der Waals surface area contributed by atoms with Gasteiger partial charge in [0.05, 0.1) is 46.1 Å². The molecule has 0 saturated carbocycles. The van der Waals surface area contributed by atoms with Crippen molar-refractivity contribution in [3.63, 3.8) is 0 Å². The normalized spacial score (nSPS) is 11.0. The summed E-state index contributed by atoms with van der Waals surface area (Å²) in [6, 6.07) is 7.63. The molecule has 4 rings (SSSR count). The fraction of sp³-hybridized carbons (Fsp3) is 0.0667. The van der Waals surface area contributed by atoms with Crippen molar-refractivity contribution in [3.8, 4) is 17.5 Å². The zero-order chi connectivity index (χ0) is 14.4. The maximum Gasteiger partial charge on any atom is 0.144 e. The van der Waals surface area contributed by atoms with Gasteiger partial charge in [-0.1, -0.05) is 0 Å². The Morgan fingerprint density at radius 2 is 2.10 bits per heavy atom. The number of hydrogen-bond acceptors (Lipinski definition) is 4. The molecule has 4 aromatic rings. The zero-order valence-electron chi connectivity index (χ0n) is 11.2. The van der Waals surface area contributed by atoms with Gasteiger partial charge in [0, 0.05) is 19.4 Å². The van der Waals surface area contributed by atoms with Crippen molar-refractivity contribution in [2.75, 3.05) is 0 Å². The lowest BCUT2D eigenvalue weighted by molar-refractivity contribution is 0.946. The first-order valence-electron chi connectivity index (χ1n) is 6.42. The van der Waals surface area contributed by atoms with Gasteiger partial charge in [-0.15, -0.1) is 0 Å². The third kappa shape index (κ3) is 1.61. The molecule has 0 radical (unpaired) electrons. The Morgan fingerprint density at radius 3 is 2.95 bits per heavy atom. The molecule has 6 heteroatoms. The molecule has 0 aliphatic carbocycles. The minimum absolute atomic E-state index is 0.624. The molecule has 0 aliphatic heterocycles. The van der Waals surface area contributed by atoms with Crippen LogP contribution in [0.25, 0.3) is 27.9 Å². The number of benzene rings is 1. The van der Waals surface area contributed by atoms with E-state index in [2.05, 4.69) is 21.1 Å². The summed E-state index contributed by atoms with van der Waals surface area (Å²) in [6.07, 6.45) is 7.04. The van der Waals surface area contributed by atoms with Gasteiger partial charge in [-0.3, -0.25) is 4.98 Å². The van der Waals surface area contributed by atoms with E-state index in [4.69, 9.17) is 5.26 Å². The van der Waals surface area contributed by atoms with Crippen LogP contribution >= 0.6 is 0 Å². The van der Waals surface area contributed by atoms with Crippen LogP contribution in [0.4, 0.5) is 0 Å². The van der Waals surface area contributed by atoms with Crippen molar-refractivity contribution < 1.29 is 0 Å². The second-order valence-electron chi connectivity index (χ2n) is 4.77. The zero-order valence-corrected chi connectivity index (χ0v) is 11.2. The van der Waals surface area contributed by atoms with E-state index in [1.54, 1.807) is 35.4 Å². The SMILES string of the molecule is Cn1c(-c2cnn3ccncc23)nc2ccc(C#N)cc21. The van der Waals surface area contributed by atoms with Gasteiger partial charge < -0.3 is 4.57 Å². The summed E-state index contributed by atoms with van der Waals surface area (Å²) in [7, 11) is 1.94. The number of hydrogen-bond donors (Lipinski definition) is 0. The highest BCUT2D eigenvalue weighted by Gasteiger charge is 2.14. The number of imidazole rings is 1. The predicted octanol–water partition coefficient (Wildman–Crippen LogP) is 2.15. The quantitative estimate of drug-likeness (QED) is 0.533. The Morgan fingerprint density at radius 1 is 1.19 bits per heavy atom. The van der Waals surface area contributed by atoms with E-state index in [9.17, 15) is 0 Å². The van der Waals surface area contributed by atoms with Gasteiger partial charge in [0.15, 0.2) is 0 Å². The van der Waals surface area contributed by atoms with Crippen molar-refractivity contribution in [2.45, 2.75) is 0 Å². The van der Waals surface area contributed by atoms with E-state index in [0.717, 1.165) is 27.9 Å². The lowest BCUT2D eigenvalue weighted by Crippen LogP contribution is -1.93. The first kappa shape index (κ1) is 11.6. The molecule has 0 fully saturated rings. The summed E-state index contributed by atoms with van der Waals surface area (Å²) in [5.41, 5.74) is 4.22. The van der Waals surface area contributed by atoms with Crippen LogP contribution in [0.5, 0.6) is 0 Å². The van der Waals surface area contributed by atoms with Crippen molar-refractivity contribution in [2.24, 2.45) is 7.05 Å². The van der Waals surface area contributed by atoms with Crippen LogP contribution in [0.2, 0.25) is 0 Å². The van der Waals surface area contributed by atoms with E-state index < -0.39 is 0 Å². The third-order valence-corrected chi connectivity index (χ3v) is 3.58. The largest absolute Gasteiger partial charge is 0.327 e. The lowest BCUT2D eigenvalue weighted by atomic mass is 10.2. The molecule has 0 bridgehead atoms. The van der Waals surface area contributed by atoms with E-state index in [1.807, 2.05) is 23.7 Å². The minimum Gasteiger partial charge on any atom is -0.327 e. The van der Waals surface area contributed by atoms with Gasteiger partial charge in [-0.05, 0) is 18.2 Å². The van der Waals surface area contributed by atoms with Crippen molar-refractivity contribution in [1.29, 1.82) is 5.26 Å². The van der Waals surface area contributed by atoms with Gasteiger partial charge in [0.1, 0.15) is 5.82 Å². The molecule has 0 amide bonds. The number of aromatic nitrogens is 5. The van der Waals surface area contributed by atoms with Gasteiger partial charge in [0.2, 0.25) is 0 Å². The monoisotopic (exact) mass is 274 g/mol. The summed E-state index contributed by atoms with van der Waals surface area (Å²) in [4.78, 5) is 8.79. The maximum atomic E-state index is 9.02. The van der Waals surface area contributed by atoms with Crippen LogP contribution in [-0.2, 0) is 7.05 Å². The summed E-state index contributed by atoms with van der Waals surface area (Å²) in [5, 5.41) is 13.3. The van der Waals surface area contributed by atoms with E-state index in [0.29, 0.717) is 5.56 Å². The lowest BCUT2D eigenvalue weighted by Gasteiger charge is -2.00. The standard InChI is InChI=1S/C15H10N6/c1-20-13-6-10(7-16)2-3-12(13)19-15(20)11-8-18-21-5-4-17-9-14(11)21/h2-6,8-9H,1H3. The summed E-state index contributed by atoms with van der Waals surface area (Å²) in [5.74, 6) is 0.808. The topological polar surface area (TPSA) is 71.8 Å². The summed E-state index contributed by atoms with van der Waals surface area (Å²) < 4.78 is 3.74. The second-order valence-corrected chi connectivity index (χ2v) is 4.77. The Kier molecular flexibility index (Phi) is 2.29. The molecule has 1 aromatic carbocycles. The predicted molar refractivity (Wildman–Crippen MR) is 77.4 cm³/mol. The molecule has 100 valence electrons. The second kappa shape index (κ2) is 4.15. The van der Waals surface area contributed by atoms with E-state index >= 15 is 0 Å². The molecule has 0 saturated heterocycles. The smallest absolute Gasteiger partial charge is 0.144 e. The van der Waals surface area contributed by atoms with Gasteiger partial charge in [-0.25, -0.2) is 9.50 Å². The Balaban J connectivity index is 2.03. The van der Waals surface area contributed by atoms with Crippen molar-refractivity contribution >= 4 is 16.6 Å². The van der Waals surface area contributed by atoms with Crippen LogP contribution in [-0.4, -0.2) is 24.1 Å². The summed E-state index contributed by atoms with van der Waals surface area (Å²) >= 11 is 0. The van der Waals surface area contributed by atoms with Gasteiger partial charge in [0.25, 0.3) is 0 Å². The molecule has 0 N–H and O–H groups in total.